The molecule has 0 aromatic heterocycles. The van der Waals surface area contributed by atoms with Gasteiger partial charge in [-0.2, -0.15) is 0 Å². The Balaban J connectivity index is 2.15. The zero-order valence-electron chi connectivity index (χ0n) is 8.33. The SMILES string of the molecule is CC(O)C1(Cc2ccccc2Br)CC1. The van der Waals surface area contributed by atoms with Crippen LogP contribution in [0.15, 0.2) is 28.7 Å². The standard InChI is InChI=1S/C12H15BrO/c1-9(14)12(6-7-12)8-10-4-2-3-5-11(10)13/h2-5,9,14H,6-8H2,1H3. The molecule has 2 heteroatoms. The molecule has 2 rings (SSSR count). The van der Waals surface area contributed by atoms with E-state index >= 15 is 0 Å². The van der Waals surface area contributed by atoms with Crippen molar-refractivity contribution in [3.05, 3.63) is 34.3 Å². The minimum Gasteiger partial charge on any atom is -0.393 e. The van der Waals surface area contributed by atoms with Crippen molar-refractivity contribution >= 4 is 15.9 Å². The molecule has 1 saturated carbocycles. The minimum atomic E-state index is -0.186. The molecule has 1 aromatic rings. The first-order valence-corrected chi connectivity index (χ1v) is 5.85. The van der Waals surface area contributed by atoms with Crippen LogP contribution in [0.2, 0.25) is 0 Å². The van der Waals surface area contributed by atoms with Gasteiger partial charge >= 0.3 is 0 Å². The topological polar surface area (TPSA) is 20.2 Å². The molecule has 0 bridgehead atoms. The number of rotatable bonds is 3. The van der Waals surface area contributed by atoms with E-state index in [0.717, 1.165) is 23.7 Å². The van der Waals surface area contributed by atoms with Crippen molar-refractivity contribution < 1.29 is 5.11 Å². The van der Waals surface area contributed by atoms with Gasteiger partial charge < -0.3 is 5.11 Å². The van der Waals surface area contributed by atoms with E-state index in [2.05, 4.69) is 34.1 Å². The van der Waals surface area contributed by atoms with E-state index in [9.17, 15) is 5.11 Å². The molecule has 1 aliphatic rings. The van der Waals surface area contributed by atoms with Crippen LogP contribution in [0.1, 0.15) is 25.3 Å². The third kappa shape index (κ3) is 1.86. The van der Waals surface area contributed by atoms with Crippen LogP contribution in [-0.4, -0.2) is 11.2 Å². The second-order valence-electron chi connectivity index (χ2n) is 4.31. The van der Waals surface area contributed by atoms with Gasteiger partial charge in [0.05, 0.1) is 6.10 Å². The van der Waals surface area contributed by atoms with Gasteiger partial charge in [-0.1, -0.05) is 34.1 Å². The number of hydrogen-bond acceptors (Lipinski definition) is 1. The van der Waals surface area contributed by atoms with Gasteiger partial charge in [-0.3, -0.25) is 0 Å². The van der Waals surface area contributed by atoms with E-state index in [1.54, 1.807) is 0 Å². The summed E-state index contributed by atoms with van der Waals surface area (Å²) in [5, 5.41) is 9.68. The van der Waals surface area contributed by atoms with Gasteiger partial charge in [0.1, 0.15) is 0 Å². The molecule has 1 atom stereocenters. The first kappa shape index (κ1) is 10.2. The Labute approximate surface area is 93.3 Å². The highest BCUT2D eigenvalue weighted by Crippen LogP contribution is 2.51. The van der Waals surface area contributed by atoms with E-state index in [4.69, 9.17) is 0 Å². The summed E-state index contributed by atoms with van der Waals surface area (Å²) in [6.45, 7) is 1.91. The van der Waals surface area contributed by atoms with Crippen molar-refractivity contribution in [1.29, 1.82) is 0 Å². The van der Waals surface area contributed by atoms with Crippen LogP contribution in [0, 0.1) is 5.41 Å². The normalized spacial score (nSPS) is 20.5. The largest absolute Gasteiger partial charge is 0.393 e. The molecular formula is C12H15BrO. The number of benzene rings is 1. The fourth-order valence-corrected chi connectivity index (χ4v) is 2.35. The number of hydrogen-bond donors (Lipinski definition) is 1. The Morgan fingerprint density at radius 1 is 1.43 bits per heavy atom. The Hall–Kier alpha value is -0.340. The Morgan fingerprint density at radius 3 is 2.57 bits per heavy atom. The number of halogens is 1. The van der Waals surface area contributed by atoms with Crippen LogP contribution in [0.4, 0.5) is 0 Å². The van der Waals surface area contributed by atoms with Crippen molar-refractivity contribution in [2.24, 2.45) is 5.41 Å². The van der Waals surface area contributed by atoms with Crippen LogP contribution in [0.5, 0.6) is 0 Å². The average Bonchev–Trinajstić information content (AvgIpc) is 2.90. The number of aliphatic hydroxyl groups excluding tert-OH is 1. The summed E-state index contributed by atoms with van der Waals surface area (Å²) in [6, 6.07) is 8.27. The van der Waals surface area contributed by atoms with Gasteiger partial charge in [-0.25, -0.2) is 0 Å². The molecule has 0 aliphatic heterocycles. The molecule has 1 unspecified atom stereocenters. The lowest BCUT2D eigenvalue weighted by atomic mass is 9.92. The Kier molecular flexibility index (Phi) is 2.67. The van der Waals surface area contributed by atoms with Gasteiger partial charge in [0.2, 0.25) is 0 Å². The molecule has 0 heterocycles. The molecule has 0 spiro atoms. The van der Waals surface area contributed by atoms with Crippen LogP contribution in [-0.2, 0) is 6.42 Å². The van der Waals surface area contributed by atoms with Crippen molar-refractivity contribution in [1.82, 2.24) is 0 Å². The van der Waals surface area contributed by atoms with E-state index in [0.29, 0.717) is 0 Å². The van der Waals surface area contributed by atoms with Gasteiger partial charge in [0.25, 0.3) is 0 Å². The van der Waals surface area contributed by atoms with Gasteiger partial charge in [0, 0.05) is 9.89 Å². The Bertz CT molecular complexity index is 329. The van der Waals surface area contributed by atoms with E-state index in [1.165, 1.54) is 5.56 Å². The Morgan fingerprint density at radius 2 is 2.07 bits per heavy atom. The predicted octanol–water partition coefficient (Wildman–Crippen LogP) is 3.15. The van der Waals surface area contributed by atoms with Crippen LogP contribution < -0.4 is 0 Å². The molecule has 0 radical (unpaired) electrons. The summed E-state index contributed by atoms with van der Waals surface area (Å²) in [5.74, 6) is 0. The highest BCUT2D eigenvalue weighted by atomic mass is 79.9. The zero-order valence-corrected chi connectivity index (χ0v) is 9.92. The van der Waals surface area contributed by atoms with Gasteiger partial charge in [-0.15, -0.1) is 0 Å². The van der Waals surface area contributed by atoms with Crippen molar-refractivity contribution in [3.63, 3.8) is 0 Å². The molecule has 0 amide bonds. The maximum absolute atomic E-state index is 9.68. The maximum Gasteiger partial charge on any atom is 0.0571 e. The average molecular weight is 255 g/mol. The van der Waals surface area contributed by atoms with Crippen molar-refractivity contribution in [2.45, 2.75) is 32.3 Å². The summed E-state index contributed by atoms with van der Waals surface area (Å²) in [6.07, 6.45) is 3.12. The van der Waals surface area contributed by atoms with Crippen LogP contribution in [0.25, 0.3) is 0 Å². The monoisotopic (exact) mass is 254 g/mol. The lowest BCUT2D eigenvalue weighted by Gasteiger charge is -2.19. The van der Waals surface area contributed by atoms with E-state index in [-0.39, 0.29) is 11.5 Å². The zero-order chi connectivity index (χ0) is 10.2. The fourth-order valence-electron chi connectivity index (χ4n) is 1.92. The second kappa shape index (κ2) is 3.67. The summed E-state index contributed by atoms with van der Waals surface area (Å²) in [7, 11) is 0. The van der Waals surface area contributed by atoms with Crippen LogP contribution in [0.3, 0.4) is 0 Å². The maximum atomic E-state index is 9.68. The van der Waals surface area contributed by atoms with Crippen molar-refractivity contribution in [3.8, 4) is 0 Å². The molecule has 1 aromatic carbocycles. The molecule has 0 saturated heterocycles. The fraction of sp³-hybridized carbons (Fsp3) is 0.500. The van der Waals surface area contributed by atoms with E-state index < -0.39 is 0 Å². The molecule has 1 nitrogen and oxygen atoms in total. The lowest BCUT2D eigenvalue weighted by molar-refractivity contribution is 0.110. The molecular weight excluding hydrogens is 240 g/mol. The molecule has 14 heavy (non-hydrogen) atoms. The second-order valence-corrected chi connectivity index (χ2v) is 5.16. The quantitative estimate of drug-likeness (QED) is 0.879. The van der Waals surface area contributed by atoms with Gasteiger partial charge in [-0.05, 0) is 37.8 Å². The van der Waals surface area contributed by atoms with E-state index in [1.807, 2.05) is 13.0 Å². The summed E-state index contributed by atoms with van der Waals surface area (Å²) in [4.78, 5) is 0. The number of aliphatic hydroxyl groups is 1. The van der Waals surface area contributed by atoms with Crippen molar-refractivity contribution in [2.75, 3.05) is 0 Å². The summed E-state index contributed by atoms with van der Waals surface area (Å²) >= 11 is 3.54. The van der Waals surface area contributed by atoms with Gasteiger partial charge in [0.15, 0.2) is 0 Å². The highest BCUT2D eigenvalue weighted by molar-refractivity contribution is 9.10. The predicted molar refractivity (Wildman–Crippen MR) is 61.2 cm³/mol. The third-order valence-corrected chi connectivity index (χ3v) is 4.05. The molecule has 1 fully saturated rings. The molecule has 76 valence electrons. The summed E-state index contributed by atoms with van der Waals surface area (Å²) < 4.78 is 1.16. The lowest BCUT2D eigenvalue weighted by Crippen LogP contribution is -2.20. The van der Waals surface area contributed by atoms with Crippen LogP contribution >= 0.6 is 15.9 Å². The molecule has 1 N–H and O–H groups in total. The first-order valence-electron chi connectivity index (χ1n) is 5.05. The third-order valence-electron chi connectivity index (χ3n) is 3.28. The molecule has 1 aliphatic carbocycles. The first-order chi connectivity index (χ1) is 6.64. The highest BCUT2D eigenvalue weighted by Gasteiger charge is 2.46. The summed E-state index contributed by atoms with van der Waals surface area (Å²) in [5.41, 5.74) is 1.48. The minimum absolute atomic E-state index is 0.171. The smallest absolute Gasteiger partial charge is 0.0571 e.